The molecule has 134 valence electrons. The van der Waals surface area contributed by atoms with Gasteiger partial charge in [-0.05, 0) is 31.0 Å². The Kier molecular flexibility index (Phi) is 5.16. The van der Waals surface area contributed by atoms with E-state index in [1.807, 2.05) is 44.2 Å². The highest BCUT2D eigenvalue weighted by Gasteiger charge is 2.42. The minimum absolute atomic E-state index is 0.0315. The maximum absolute atomic E-state index is 12.9. The van der Waals surface area contributed by atoms with Crippen LogP contribution in [0.1, 0.15) is 46.5 Å². The highest BCUT2D eigenvalue weighted by atomic mass is 16.2. The molecular formula is C21H22N2O3. The van der Waals surface area contributed by atoms with Crippen molar-refractivity contribution < 1.29 is 14.4 Å². The second-order valence-electron chi connectivity index (χ2n) is 6.55. The molecule has 1 aliphatic rings. The first-order valence-corrected chi connectivity index (χ1v) is 8.84. The Morgan fingerprint density at radius 3 is 2.04 bits per heavy atom. The van der Waals surface area contributed by atoms with Crippen LogP contribution in [0.2, 0.25) is 0 Å². The Balaban J connectivity index is 1.94. The number of imide groups is 1. The van der Waals surface area contributed by atoms with Gasteiger partial charge in [-0.1, -0.05) is 49.4 Å². The summed E-state index contributed by atoms with van der Waals surface area (Å²) in [5.41, 5.74) is 1.60. The van der Waals surface area contributed by atoms with Gasteiger partial charge < -0.3 is 5.32 Å². The molecule has 0 fully saturated rings. The van der Waals surface area contributed by atoms with Gasteiger partial charge in [0.05, 0.1) is 11.1 Å². The molecule has 3 rings (SSSR count). The van der Waals surface area contributed by atoms with E-state index < -0.39 is 17.9 Å². The average Bonchev–Trinajstić information content (AvgIpc) is 2.91. The fourth-order valence-corrected chi connectivity index (χ4v) is 3.07. The highest BCUT2D eigenvalue weighted by Crippen LogP contribution is 2.26. The standard InChI is InChI=1S/C21H22N2O3/c1-3-14(2)22-19(24)18(13-15-9-5-4-6-10-15)23-20(25)16-11-7-8-12-17(16)21(23)26/h4-12,14,18H,3,13H2,1-2H3,(H,22,24)/t14-,18+/m1/s1. The Bertz CT molecular complexity index is 797. The van der Waals surface area contributed by atoms with Crippen molar-refractivity contribution >= 4 is 17.7 Å². The van der Waals surface area contributed by atoms with Crippen molar-refractivity contribution in [2.24, 2.45) is 0 Å². The number of hydrogen-bond acceptors (Lipinski definition) is 3. The van der Waals surface area contributed by atoms with E-state index in [1.54, 1.807) is 24.3 Å². The van der Waals surface area contributed by atoms with Crippen LogP contribution < -0.4 is 5.32 Å². The van der Waals surface area contributed by atoms with E-state index in [2.05, 4.69) is 5.32 Å². The number of nitrogens with zero attached hydrogens (tertiary/aromatic N) is 1. The summed E-state index contributed by atoms with van der Waals surface area (Å²) in [6.07, 6.45) is 1.06. The summed E-state index contributed by atoms with van der Waals surface area (Å²) in [6, 6.07) is 15.2. The molecule has 0 saturated carbocycles. The molecule has 5 nitrogen and oxygen atoms in total. The minimum Gasteiger partial charge on any atom is -0.352 e. The molecule has 1 aliphatic heterocycles. The van der Waals surface area contributed by atoms with Crippen LogP contribution in [0, 0.1) is 0 Å². The lowest BCUT2D eigenvalue weighted by Crippen LogP contribution is -2.52. The second kappa shape index (κ2) is 7.52. The van der Waals surface area contributed by atoms with Crippen molar-refractivity contribution in [3.8, 4) is 0 Å². The summed E-state index contributed by atoms with van der Waals surface area (Å²) in [5.74, 6) is -1.13. The van der Waals surface area contributed by atoms with Gasteiger partial charge in [-0.15, -0.1) is 0 Å². The predicted octanol–water partition coefficient (Wildman–Crippen LogP) is 2.81. The summed E-state index contributed by atoms with van der Waals surface area (Å²) in [4.78, 5) is 39.6. The molecule has 26 heavy (non-hydrogen) atoms. The number of benzene rings is 2. The van der Waals surface area contributed by atoms with Gasteiger partial charge in [-0.25, -0.2) is 0 Å². The van der Waals surface area contributed by atoms with Gasteiger partial charge in [0.2, 0.25) is 5.91 Å². The van der Waals surface area contributed by atoms with Crippen molar-refractivity contribution in [3.63, 3.8) is 0 Å². The van der Waals surface area contributed by atoms with Crippen molar-refractivity contribution in [1.82, 2.24) is 10.2 Å². The molecule has 0 bridgehead atoms. The lowest BCUT2D eigenvalue weighted by atomic mass is 10.0. The molecule has 0 spiro atoms. The topological polar surface area (TPSA) is 66.5 Å². The lowest BCUT2D eigenvalue weighted by molar-refractivity contribution is -0.125. The number of carbonyl (C=O) groups excluding carboxylic acids is 3. The van der Waals surface area contributed by atoms with E-state index >= 15 is 0 Å². The van der Waals surface area contributed by atoms with Gasteiger partial charge >= 0.3 is 0 Å². The Labute approximate surface area is 153 Å². The van der Waals surface area contributed by atoms with Crippen LogP contribution in [0.4, 0.5) is 0 Å². The van der Waals surface area contributed by atoms with Crippen LogP contribution in [0.15, 0.2) is 54.6 Å². The summed E-state index contributed by atoms with van der Waals surface area (Å²) in [6.45, 7) is 3.87. The lowest BCUT2D eigenvalue weighted by Gasteiger charge is -2.27. The zero-order valence-electron chi connectivity index (χ0n) is 14.9. The van der Waals surface area contributed by atoms with Crippen LogP contribution >= 0.6 is 0 Å². The second-order valence-corrected chi connectivity index (χ2v) is 6.55. The molecule has 2 aromatic carbocycles. The van der Waals surface area contributed by atoms with E-state index in [4.69, 9.17) is 0 Å². The quantitative estimate of drug-likeness (QED) is 0.815. The molecule has 0 saturated heterocycles. The third kappa shape index (κ3) is 3.38. The minimum atomic E-state index is -0.876. The molecule has 0 aromatic heterocycles. The van der Waals surface area contributed by atoms with Gasteiger partial charge in [0.15, 0.2) is 0 Å². The first-order chi connectivity index (χ1) is 12.5. The van der Waals surface area contributed by atoms with E-state index in [0.717, 1.165) is 16.9 Å². The third-order valence-corrected chi connectivity index (χ3v) is 4.71. The van der Waals surface area contributed by atoms with Gasteiger partial charge in [-0.3, -0.25) is 19.3 Å². The van der Waals surface area contributed by atoms with Gasteiger partial charge in [0, 0.05) is 12.5 Å². The summed E-state index contributed by atoms with van der Waals surface area (Å²) < 4.78 is 0. The maximum Gasteiger partial charge on any atom is 0.262 e. The SMILES string of the molecule is CC[C@@H](C)NC(=O)[C@H](Cc1ccccc1)N1C(=O)c2ccccc2C1=O. The Morgan fingerprint density at radius 2 is 1.50 bits per heavy atom. The number of hydrogen-bond donors (Lipinski definition) is 1. The molecule has 5 heteroatoms. The Hall–Kier alpha value is -2.95. The number of fused-ring (bicyclic) bond motifs is 1. The zero-order valence-corrected chi connectivity index (χ0v) is 14.9. The van der Waals surface area contributed by atoms with E-state index in [9.17, 15) is 14.4 Å². The van der Waals surface area contributed by atoms with Crippen LogP contribution in [-0.2, 0) is 11.2 Å². The van der Waals surface area contributed by atoms with Crippen LogP contribution in [0.25, 0.3) is 0 Å². The molecule has 0 radical (unpaired) electrons. The number of carbonyl (C=O) groups is 3. The third-order valence-electron chi connectivity index (χ3n) is 4.71. The normalized spacial score (nSPS) is 15.5. The van der Waals surface area contributed by atoms with E-state index in [-0.39, 0.29) is 18.4 Å². The van der Waals surface area contributed by atoms with Crippen molar-refractivity contribution in [3.05, 3.63) is 71.3 Å². The van der Waals surface area contributed by atoms with Crippen molar-refractivity contribution in [2.45, 2.75) is 38.8 Å². The van der Waals surface area contributed by atoms with Crippen LogP contribution in [-0.4, -0.2) is 34.7 Å². The first-order valence-electron chi connectivity index (χ1n) is 8.84. The summed E-state index contributed by atoms with van der Waals surface area (Å²) in [7, 11) is 0. The van der Waals surface area contributed by atoms with Gasteiger partial charge in [0.25, 0.3) is 11.8 Å². The smallest absolute Gasteiger partial charge is 0.262 e. The summed E-state index contributed by atoms with van der Waals surface area (Å²) >= 11 is 0. The molecule has 3 amide bonds. The predicted molar refractivity (Wildman–Crippen MR) is 98.8 cm³/mol. The largest absolute Gasteiger partial charge is 0.352 e. The van der Waals surface area contributed by atoms with Crippen LogP contribution in [0.5, 0.6) is 0 Å². The van der Waals surface area contributed by atoms with E-state index in [1.165, 1.54) is 0 Å². The number of nitrogens with one attached hydrogen (secondary N) is 1. The van der Waals surface area contributed by atoms with Gasteiger partial charge in [0.1, 0.15) is 6.04 Å². The van der Waals surface area contributed by atoms with E-state index in [0.29, 0.717) is 11.1 Å². The first kappa shape index (κ1) is 17.9. The molecule has 1 N–H and O–H groups in total. The number of rotatable bonds is 6. The van der Waals surface area contributed by atoms with Crippen molar-refractivity contribution in [1.29, 1.82) is 0 Å². The number of amides is 3. The molecule has 0 aliphatic carbocycles. The Morgan fingerprint density at radius 1 is 0.962 bits per heavy atom. The molecule has 2 aromatic rings. The highest BCUT2D eigenvalue weighted by molar-refractivity contribution is 6.22. The molecular weight excluding hydrogens is 328 g/mol. The molecule has 1 heterocycles. The average molecular weight is 350 g/mol. The summed E-state index contributed by atoms with van der Waals surface area (Å²) in [5, 5.41) is 2.91. The molecule has 0 unspecified atom stereocenters. The van der Waals surface area contributed by atoms with Crippen molar-refractivity contribution in [2.75, 3.05) is 0 Å². The molecule has 2 atom stereocenters. The fourth-order valence-electron chi connectivity index (χ4n) is 3.07. The van der Waals surface area contributed by atoms with Gasteiger partial charge in [-0.2, -0.15) is 0 Å². The maximum atomic E-state index is 12.9. The zero-order chi connectivity index (χ0) is 18.7. The van der Waals surface area contributed by atoms with Crippen LogP contribution in [0.3, 0.4) is 0 Å². The fraction of sp³-hybridized carbons (Fsp3) is 0.286. The monoisotopic (exact) mass is 350 g/mol.